The van der Waals surface area contributed by atoms with E-state index in [4.69, 9.17) is 28.4 Å². The van der Waals surface area contributed by atoms with Gasteiger partial charge in [0.25, 0.3) is 0 Å². The third kappa shape index (κ3) is 10.7. The number of carbonyl (C=O) groups is 4. The van der Waals surface area contributed by atoms with Gasteiger partial charge in [-0.15, -0.1) is 5.10 Å². The number of likely N-dealkylation sites (N-methyl/N-ethyl adjacent to an activating group) is 1. The van der Waals surface area contributed by atoms with Gasteiger partial charge in [-0.05, 0) is 97.7 Å². The maximum Gasteiger partial charge on any atom is 0.410 e. The number of carbonyl (C=O) groups excluding carboxylic acids is 4. The number of aliphatic hydroxyl groups is 1. The van der Waals surface area contributed by atoms with E-state index in [1.165, 1.54) is 7.11 Å². The average molecular weight is 922 g/mol. The second-order valence-corrected chi connectivity index (χ2v) is 19.0. The fraction of sp³-hybridized carbons (Fsp3) is 0.708. The minimum absolute atomic E-state index is 0.113. The Morgan fingerprint density at radius 2 is 1.71 bits per heavy atom. The maximum absolute atomic E-state index is 15.0. The zero-order valence-corrected chi connectivity index (χ0v) is 40.5. The van der Waals surface area contributed by atoms with Gasteiger partial charge in [0.05, 0.1) is 41.9 Å². The second-order valence-electron chi connectivity index (χ2n) is 19.0. The highest BCUT2D eigenvalue weighted by Crippen LogP contribution is 2.44. The number of nitrogens with zero attached hydrogens (tertiary/aromatic N) is 7. The molecule has 18 nitrogen and oxygen atoms in total. The van der Waals surface area contributed by atoms with Crippen LogP contribution in [0.2, 0.25) is 0 Å². The molecule has 66 heavy (non-hydrogen) atoms. The van der Waals surface area contributed by atoms with Crippen LogP contribution in [0.15, 0.2) is 42.7 Å². The zero-order valence-electron chi connectivity index (χ0n) is 40.5. The molecule has 0 unspecified atom stereocenters. The molecule has 1 N–H and O–H groups in total. The summed E-state index contributed by atoms with van der Waals surface area (Å²) >= 11 is 0. The third-order valence-electron chi connectivity index (χ3n) is 14.4. The smallest absolute Gasteiger partial charge is 0.410 e. The van der Waals surface area contributed by atoms with Gasteiger partial charge in [-0.25, -0.2) is 14.5 Å². The van der Waals surface area contributed by atoms with Crippen molar-refractivity contribution >= 4 is 35.0 Å². The Hall–Kier alpha value is -4.62. The van der Waals surface area contributed by atoms with Gasteiger partial charge in [-0.3, -0.25) is 19.4 Å². The Balaban J connectivity index is 1.37. The van der Waals surface area contributed by atoms with Gasteiger partial charge in [0, 0.05) is 56.4 Å². The van der Waals surface area contributed by atoms with E-state index in [9.17, 15) is 19.5 Å². The van der Waals surface area contributed by atoms with Crippen molar-refractivity contribution in [1.29, 1.82) is 0 Å². The SMILES string of the molecule is CC[C@H]1OC(=O)[C@H](C)[C@@H](OC(=O)Cc2ccccn2)[C@H](C)[C@@H](O[C@H]2O[C@@H](C)C[C@@H](N(C)CC)[C@@H]2O)[C@](C)(OC)C[C@@H](C)C(=O)[C@H](C)[C@H]2N(CCCCn3nnc4ncccc43)C(=O)O[C@]12C. The van der Waals surface area contributed by atoms with Crippen LogP contribution < -0.4 is 0 Å². The maximum atomic E-state index is 15.0. The number of cyclic esters (lactones) is 1. The third-order valence-corrected chi connectivity index (χ3v) is 14.4. The van der Waals surface area contributed by atoms with E-state index in [0.29, 0.717) is 43.7 Å². The fourth-order valence-corrected chi connectivity index (χ4v) is 10.6. The highest BCUT2D eigenvalue weighted by Gasteiger charge is 2.60. The summed E-state index contributed by atoms with van der Waals surface area (Å²) in [5.74, 6) is -4.89. The van der Waals surface area contributed by atoms with Gasteiger partial charge >= 0.3 is 18.0 Å². The lowest BCUT2D eigenvalue weighted by atomic mass is 9.73. The number of pyridine rings is 2. The lowest BCUT2D eigenvalue weighted by Gasteiger charge is -2.48. The molecular weight excluding hydrogens is 851 g/mol. The Kier molecular flexibility index (Phi) is 16.6. The first-order chi connectivity index (χ1) is 31.4. The number of fused-ring (bicyclic) bond motifs is 2. The molecule has 3 aromatic rings. The summed E-state index contributed by atoms with van der Waals surface area (Å²) in [7, 11) is 3.45. The van der Waals surface area contributed by atoms with Crippen molar-refractivity contribution in [2.24, 2.45) is 23.7 Å². The van der Waals surface area contributed by atoms with Crippen LogP contribution in [0.25, 0.3) is 11.2 Å². The zero-order chi connectivity index (χ0) is 48.1. The van der Waals surface area contributed by atoms with Gasteiger partial charge in [-0.2, -0.15) is 0 Å². The van der Waals surface area contributed by atoms with Crippen LogP contribution in [0.5, 0.6) is 0 Å². The molecule has 3 aliphatic heterocycles. The lowest BCUT2D eigenvalue weighted by Crippen LogP contribution is -2.61. The number of aryl methyl sites for hydroxylation is 1. The molecule has 0 radical (unpaired) electrons. The summed E-state index contributed by atoms with van der Waals surface area (Å²) in [4.78, 5) is 70.0. The quantitative estimate of drug-likeness (QED) is 0.126. The largest absolute Gasteiger partial charge is 0.461 e. The Morgan fingerprint density at radius 3 is 2.39 bits per heavy atom. The molecule has 14 atom stereocenters. The summed E-state index contributed by atoms with van der Waals surface area (Å²) in [6.45, 7) is 17.8. The van der Waals surface area contributed by atoms with Crippen LogP contribution in [0.1, 0.15) is 100 Å². The monoisotopic (exact) mass is 922 g/mol. The number of ketones is 1. The van der Waals surface area contributed by atoms with E-state index < -0.39 is 89.7 Å². The molecule has 364 valence electrons. The molecule has 0 aromatic carbocycles. The molecular formula is C48H71N7O11. The lowest BCUT2D eigenvalue weighted by molar-refractivity contribution is -0.302. The van der Waals surface area contributed by atoms with Crippen molar-refractivity contribution in [3.8, 4) is 0 Å². The summed E-state index contributed by atoms with van der Waals surface area (Å²) in [6, 6.07) is 7.81. The van der Waals surface area contributed by atoms with Crippen molar-refractivity contribution in [3.63, 3.8) is 0 Å². The second kappa shape index (κ2) is 21.6. The molecule has 0 saturated carbocycles. The number of amides is 1. The number of rotatable bonds is 14. The fourth-order valence-electron chi connectivity index (χ4n) is 10.6. The molecule has 0 bridgehead atoms. The van der Waals surface area contributed by atoms with Gasteiger partial charge in [0.2, 0.25) is 5.65 Å². The van der Waals surface area contributed by atoms with Gasteiger partial charge in [0.1, 0.15) is 29.6 Å². The average Bonchev–Trinajstić information content (AvgIpc) is 3.83. The van der Waals surface area contributed by atoms with Crippen molar-refractivity contribution < 1.29 is 52.7 Å². The molecule has 0 spiro atoms. The normalized spacial score (nSPS) is 34.7. The standard InChI is InChI=1S/C48H71N7O11/c1-12-36-48(9)41(54(46(60)66-48)23-16-17-24-55-34-20-18-22-50-43(34)51-52-55)30(5)38(57)28(3)27-47(8,61-11)42(65-45-39(58)35(53(10)13-2)25-29(4)62-45)31(6)40(32(7)44(59)63-36)64-37(56)26-33-19-14-15-21-49-33/h14-15,18-22,28-32,35-36,39-42,45,58H,12-13,16-17,23-27H2,1-11H3/t28-,29+,30+,31+,32-,35-,36-,39+,40+,41-,42-,45-,47-,48-/m1/s1. The number of hydrogen-bond donors (Lipinski definition) is 1. The number of unbranched alkanes of at least 4 members (excludes halogenated alkanes) is 1. The van der Waals surface area contributed by atoms with E-state index >= 15 is 4.79 Å². The summed E-state index contributed by atoms with van der Waals surface area (Å²) in [5, 5.41) is 20.3. The van der Waals surface area contributed by atoms with Crippen LogP contribution >= 0.6 is 0 Å². The predicted molar refractivity (Wildman–Crippen MR) is 242 cm³/mol. The minimum Gasteiger partial charge on any atom is -0.461 e. The van der Waals surface area contributed by atoms with E-state index in [2.05, 4.69) is 20.3 Å². The van der Waals surface area contributed by atoms with Gasteiger partial charge in [-0.1, -0.05) is 45.9 Å². The predicted octanol–water partition coefficient (Wildman–Crippen LogP) is 5.18. The first kappa shape index (κ1) is 50.8. The number of aliphatic hydroxyl groups excluding tert-OH is 1. The van der Waals surface area contributed by atoms with E-state index in [0.717, 1.165) is 5.52 Å². The van der Waals surface area contributed by atoms with Gasteiger partial charge < -0.3 is 43.3 Å². The number of Topliss-reactive ketones (excluding diaryl/α,β-unsaturated/α-hetero) is 1. The minimum atomic E-state index is -1.45. The van der Waals surface area contributed by atoms with Crippen LogP contribution in [-0.2, 0) is 55.8 Å². The van der Waals surface area contributed by atoms with Crippen molar-refractivity contribution in [2.45, 2.75) is 167 Å². The highest BCUT2D eigenvalue weighted by atomic mass is 16.7. The van der Waals surface area contributed by atoms with Crippen molar-refractivity contribution in [1.82, 2.24) is 34.8 Å². The van der Waals surface area contributed by atoms with Gasteiger partial charge in [0.15, 0.2) is 11.9 Å². The van der Waals surface area contributed by atoms with Crippen LogP contribution in [0, 0.1) is 23.7 Å². The number of hydrogen-bond acceptors (Lipinski definition) is 16. The highest BCUT2D eigenvalue weighted by molar-refractivity contribution is 5.85. The molecule has 6 heterocycles. The van der Waals surface area contributed by atoms with Crippen LogP contribution in [0.3, 0.4) is 0 Å². The molecule has 3 aliphatic rings. The molecule has 3 saturated heterocycles. The Morgan fingerprint density at radius 1 is 0.985 bits per heavy atom. The first-order valence-corrected chi connectivity index (χ1v) is 23.6. The molecule has 3 fully saturated rings. The number of methoxy groups -OCH3 is 1. The van der Waals surface area contributed by atoms with Crippen molar-refractivity contribution in [2.75, 3.05) is 27.2 Å². The summed E-state index contributed by atoms with van der Waals surface area (Å²) < 4.78 is 40.4. The van der Waals surface area contributed by atoms with Crippen LogP contribution in [0.4, 0.5) is 4.79 Å². The number of aromatic nitrogens is 5. The van der Waals surface area contributed by atoms with E-state index in [1.807, 2.05) is 58.7 Å². The Bertz CT molecular complexity index is 2130. The number of ether oxygens (including phenoxy) is 6. The Labute approximate surface area is 388 Å². The molecule has 1 amide bonds. The number of esters is 2. The molecule has 3 aromatic heterocycles. The summed E-state index contributed by atoms with van der Waals surface area (Å²) in [5.41, 5.74) is -0.938. The molecule has 18 heteroatoms. The molecule has 0 aliphatic carbocycles. The van der Waals surface area contributed by atoms with E-state index in [-0.39, 0.29) is 43.7 Å². The van der Waals surface area contributed by atoms with Crippen LogP contribution in [-0.4, -0.2) is 151 Å². The summed E-state index contributed by atoms with van der Waals surface area (Å²) in [6.07, 6.45) is -1.20. The first-order valence-electron chi connectivity index (χ1n) is 23.6. The molecule has 6 rings (SSSR count). The van der Waals surface area contributed by atoms with Crippen molar-refractivity contribution in [3.05, 3.63) is 48.4 Å². The van der Waals surface area contributed by atoms with E-state index in [1.54, 1.807) is 67.9 Å². The topological polar surface area (TPSA) is 207 Å².